The van der Waals surface area contributed by atoms with Crippen LogP contribution in [0.3, 0.4) is 0 Å². The minimum atomic E-state index is -0.173. The number of nitrogens with zero attached hydrogens (tertiary/aromatic N) is 1. The van der Waals surface area contributed by atoms with Crippen LogP contribution in [0.15, 0.2) is 18.5 Å². The molecule has 0 aliphatic heterocycles. The van der Waals surface area contributed by atoms with E-state index >= 15 is 0 Å². The third-order valence-corrected chi connectivity index (χ3v) is 2.53. The first-order chi connectivity index (χ1) is 8.19. The minimum Gasteiger partial charge on any atom is -0.492 e. The Labute approximate surface area is 103 Å². The maximum Gasteiger partial charge on any atom is 0.137 e. The van der Waals surface area contributed by atoms with E-state index in [0.29, 0.717) is 13.2 Å². The molecule has 17 heavy (non-hydrogen) atoms. The van der Waals surface area contributed by atoms with Crippen LogP contribution in [0.4, 0.5) is 0 Å². The summed E-state index contributed by atoms with van der Waals surface area (Å²) in [6, 6.07) is 1.76. The number of hydrogen-bond acceptors (Lipinski definition) is 4. The van der Waals surface area contributed by atoms with E-state index in [1.807, 2.05) is 19.9 Å². The van der Waals surface area contributed by atoms with Gasteiger partial charge in [0, 0.05) is 12.8 Å². The molecule has 1 aromatic rings. The van der Waals surface area contributed by atoms with Gasteiger partial charge in [-0.25, -0.2) is 0 Å². The van der Waals surface area contributed by atoms with Crippen LogP contribution in [-0.2, 0) is 4.74 Å². The molecule has 2 unspecified atom stereocenters. The van der Waals surface area contributed by atoms with E-state index in [9.17, 15) is 0 Å². The van der Waals surface area contributed by atoms with Gasteiger partial charge in [-0.05, 0) is 31.9 Å². The zero-order valence-electron chi connectivity index (χ0n) is 10.8. The third kappa shape index (κ3) is 4.32. The van der Waals surface area contributed by atoms with Crippen molar-refractivity contribution in [1.82, 2.24) is 4.98 Å². The Morgan fingerprint density at radius 2 is 2.12 bits per heavy atom. The van der Waals surface area contributed by atoms with Gasteiger partial charge in [0.1, 0.15) is 5.75 Å². The van der Waals surface area contributed by atoms with Crippen LogP contribution in [0.2, 0.25) is 0 Å². The van der Waals surface area contributed by atoms with Crippen molar-refractivity contribution in [2.45, 2.75) is 39.3 Å². The Hall–Kier alpha value is -1.13. The molecule has 1 aromatic heterocycles. The summed E-state index contributed by atoms with van der Waals surface area (Å²) in [7, 11) is 0. The molecule has 0 bridgehead atoms. The zero-order valence-corrected chi connectivity index (χ0v) is 10.8. The minimum absolute atomic E-state index is 0.0248. The summed E-state index contributed by atoms with van der Waals surface area (Å²) in [6.07, 6.45) is 4.42. The van der Waals surface area contributed by atoms with Crippen LogP contribution in [0, 0.1) is 0 Å². The van der Waals surface area contributed by atoms with Crippen molar-refractivity contribution in [3.05, 3.63) is 24.0 Å². The first-order valence-electron chi connectivity index (χ1n) is 6.14. The Morgan fingerprint density at radius 1 is 1.35 bits per heavy atom. The molecule has 0 fully saturated rings. The van der Waals surface area contributed by atoms with E-state index in [0.717, 1.165) is 17.7 Å². The summed E-state index contributed by atoms with van der Waals surface area (Å²) >= 11 is 0. The number of aromatic nitrogens is 1. The van der Waals surface area contributed by atoms with Crippen molar-refractivity contribution < 1.29 is 9.47 Å². The number of pyridine rings is 1. The molecule has 0 spiro atoms. The standard InChI is InChI=1S/C13H22N2O2/c1-4-6-17-12-7-11(8-15-9-12)13(14)10(3)16-5-2/h7-10,13H,4-6,14H2,1-3H3. The average Bonchev–Trinajstić information content (AvgIpc) is 2.36. The van der Waals surface area contributed by atoms with Crippen molar-refractivity contribution in [3.8, 4) is 5.75 Å². The predicted molar refractivity (Wildman–Crippen MR) is 68.0 cm³/mol. The van der Waals surface area contributed by atoms with E-state index < -0.39 is 0 Å². The van der Waals surface area contributed by atoms with E-state index in [1.54, 1.807) is 12.4 Å². The largest absolute Gasteiger partial charge is 0.492 e. The van der Waals surface area contributed by atoms with E-state index in [4.69, 9.17) is 15.2 Å². The molecule has 0 saturated carbocycles. The van der Waals surface area contributed by atoms with Crippen LogP contribution < -0.4 is 10.5 Å². The molecule has 0 aliphatic rings. The fourth-order valence-electron chi connectivity index (χ4n) is 1.55. The topological polar surface area (TPSA) is 57.4 Å². The number of hydrogen-bond donors (Lipinski definition) is 1. The maximum absolute atomic E-state index is 6.10. The van der Waals surface area contributed by atoms with Gasteiger partial charge in [-0.15, -0.1) is 0 Å². The highest BCUT2D eigenvalue weighted by atomic mass is 16.5. The number of ether oxygens (including phenoxy) is 2. The van der Waals surface area contributed by atoms with Gasteiger partial charge in [-0.3, -0.25) is 4.98 Å². The van der Waals surface area contributed by atoms with Gasteiger partial charge in [0.15, 0.2) is 0 Å². The molecule has 2 N–H and O–H groups in total. The van der Waals surface area contributed by atoms with Gasteiger partial charge in [-0.1, -0.05) is 6.92 Å². The highest BCUT2D eigenvalue weighted by Gasteiger charge is 2.15. The molecule has 4 nitrogen and oxygen atoms in total. The molecule has 4 heteroatoms. The summed E-state index contributed by atoms with van der Waals surface area (Å²) in [5.74, 6) is 0.767. The Bertz CT molecular complexity index is 331. The van der Waals surface area contributed by atoms with Gasteiger partial charge in [-0.2, -0.15) is 0 Å². The molecule has 0 amide bonds. The lowest BCUT2D eigenvalue weighted by atomic mass is 10.1. The van der Waals surface area contributed by atoms with Gasteiger partial charge in [0.05, 0.1) is 24.9 Å². The summed E-state index contributed by atoms with van der Waals surface area (Å²) in [4.78, 5) is 4.14. The third-order valence-electron chi connectivity index (χ3n) is 2.53. The fraction of sp³-hybridized carbons (Fsp3) is 0.615. The Balaban J connectivity index is 2.69. The van der Waals surface area contributed by atoms with E-state index in [-0.39, 0.29) is 12.1 Å². The molecule has 96 valence electrons. The molecule has 2 atom stereocenters. The van der Waals surface area contributed by atoms with Gasteiger partial charge >= 0.3 is 0 Å². The van der Waals surface area contributed by atoms with Crippen molar-refractivity contribution in [3.63, 3.8) is 0 Å². The van der Waals surface area contributed by atoms with Crippen LogP contribution in [-0.4, -0.2) is 24.3 Å². The molecule has 0 saturated heterocycles. The Kier molecular flexibility index (Phi) is 5.94. The summed E-state index contributed by atoms with van der Waals surface area (Å²) in [6.45, 7) is 7.35. The maximum atomic E-state index is 6.10. The molecule has 1 rings (SSSR count). The molecule has 1 heterocycles. The lowest BCUT2D eigenvalue weighted by Gasteiger charge is -2.20. The summed E-state index contributed by atoms with van der Waals surface area (Å²) in [5, 5.41) is 0. The van der Waals surface area contributed by atoms with Crippen LogP contribution >= 0.6 is 0 Å². The lowest BCUT2D eigenvalue weighted by molar-refractivity contribution is 0.0573. The van der Waals surface area contributed by atoms with Crippen molar-refractivity contribution in [2.24, 2.45) is 5.73 Å². The van der Waals surface area contributed by atoms with Crippen molar-refractivity contribution >= 4 is 0 Å². The second-order valence-corrected chi connectivity index (χ2v) is 3.99. The van der Waals surface area contributed by atoms with Gasteiger partial charge in [0.2, 0.25) is 0 Å². The van der Waals surface area contributed by atoms with Crippen LogP contribution in [0.25, 0.3) is 0 Å². The van der Waals surface area contributed by atoms with Crippen LogP contribution in [0.1, 0.15) is 38.8 Å². The molecule has 0 radical (unpaired) electrons. The van der Waals surface area contributed by atoms with Crippen molar-refractivity contribution in [1.29, 1.82) is 0 Å². The smallest absolute Gasteiger partial charge is 0.137 e. The van der Waals surface area contributed by atoms with Crippen molar-refractivity contribution in [2.75, 3.05) is 13.2 Å². The second kappa shape index (κ2) is 7.25. The van der Waals surface area contributed by atoms with Gasteiger partial charge < -0.3 is 15.2 Å². The average molecular weight is 238 g/mol. The molecule has 0 aliphatic carbocycles. The highest BCUT2D eigenvalue weighted by molar-refractivity contribution is 5.26. The van der Waals surface area contributed by atoms with Crippen LogP contribution in [0.5, 0.6) is 5.75 Å². The zero-order chi connectivity index (χ0) is 12.7. The van der Waals surface area contributed by atoms with E-state index in [1.165, 1.54) is 0 Å². The normalized spacial score (nSPS) is 14.4. The predicted octanol–water partition coefficient (Wildman–Crippen LogP) is 2.30. The lowest BCUT2D eigenvalue weighted by Crippen LogP contribution is -2.26. The quantitative estimate of drug-likeness (QED) is 0.792. The first-order valence-corrected chi connectivity index (χ1v) is 6.14. The molecular formula is C13H22N2O2. The van der Waals surface area contributed by atoms with E-state index in [2.05, 4.69) is 11.9 Å². The first kappa shape index (κ1) is 13.9. The second-order valence-electron chi connectivity index (χ2n) is 3.99. The summed E-state index contributed by atoms with van der Waals surface area (Å²) in [5.41, 5.74) is 7.05. The molecular weight excluding hydrogens is 216 g/mol. The highest BCUT2D eigenvalue weighted by Crippen LogP contribution is 2.20. The fourth-order valence-corrected chi connectivity index (χ4v) is 1.55. The Morgan fingerprint density at radius 3 is 2.76 bits per heavy atom. The SMILES string of the molecule is CCCOc1cncc(C(N)C(C)OCC)c1. The number of rotatable bonds is 7. The monoisotopic (exact) mass is 238 g/mol. The molecule has 0 aromatic carbocycles. The number of nitrogens with two attached hydrogens (primary N) is 1. The summed E-state index contributed by atoms with van der Waals surface area (Å²) < 4.78 is 11.0. The van der Waals surface area contributed by atoms with Gasteiger partial charge in [0.25, 0.3) is 0 Å².